The van der Waals surface area contributed by atoms with Crippen LogP contribution in [0.3, 0.4) is 0 Å². The van der Waals surface area contributed by atoms with E-state index in [4.69, 9.17) is 14.2 Å². The Morgan fingerprint density at radius 2 is 1.87 bits per heavy atom. The molecule has 0 N–H and O–H groups in total. The molecule has 2 aromatic carbocycles. The van der Waals surface area contributed by atoms with E-state index in [-0.39, 0.29) is 11.6 Å². The lowest BCUT2D eigenvalue weighted by Gasteiger charge is -2.18. The first kappa shape index (κ1) is 18.3. The third-order valence-electron chi connectivity index (χ3n) is 4.33. The summed E-state index contributed by atoms with van der Waals surface area (Å²) in [6, 6.07) is 14.4. The van der Waals surface area contributed by atoms with Gasteiger partial charge in [-0.1, -0.05) is 6.07 Å². The summed E-state index contributed by atoms with van der Waals surface area (Å²) in [5.41, 5.74) is 0.575. The van der Waals surface area contributed by atoms with Crippen molar-refractivity contribution in [1.82, 2.24) is 14.8 Å². The van der Waals surface area contributed by atoms with E-state index in [2.05, 4.69) is 10.1 Å². The normalized spacial score (nSPS) is 12.6. The van der Waals surface area contributed by atoms with E-state index in [1.807, 2.05) is 17.5 Å². The predicted octanol–water partition coefficient (Wildman–Crippen LogP) is 4.13. The van der Waals surface area contributed by atoms with Crippen molar-refractivity contribution in [3.63, 3.8) is 0 Å². The molecule has 0 saturated carbocycles. The summed E-state index contributed by atoms with van der Waals surface area (Å²) in [5, 5.41) is 6.20. The van der Waals surface area contributed by atoms with Gasteiger partial charge in [0.1, 0.15) is 24.8 Å². The summed E-state index contributed by atoms with van der Waals surface area (Å²) in [5.74, 6) is 0.666. The molecule has 0 saturated heterocycles. The molecule has 150 valence electrons. The van der Waals surface area contributed by atoms with Crippen LogP contribution >= 0.6 is 11.3 Å². The van der Waals surface area contributed by atoms with Crippen molar-refractivity contribution in [2.75, 3.05) is 13.2 Å². The van der Waals surface area contributed by atoms with Crippen molar-refractivity contribution in [2.24, 2.45) is 0 Å². The summed E-state index contributed by atoms with van der Waals surface area (Å²) in [6.07, 6.45) is 0. The molecular formula is C21H14FN3O4S. The third-order valence-corrected chi connectivity index (χ3v) is 5.19. The minimum absolute atomic E-state index is 0.113. The second kappa shape index (κ2) is 7.60. The molecule has 0 amide bonds. The van der Waals surface area contributed by atoms with Crippen LogP contribution in [-0.2, 0) is 0 Å². The van der Waals surface area contributed by atoms with Gasteiger partial charge in [-0.3, -0.25) is 0 Å². The first-order valence-electron chi connectivity index (χ1n) is 9.06. The van der Waals surface area contributed by atoms with Gasteiger partial charge in [0.2, 0.25) is 0 Å². The van der Waals surface area contributed by atoms with Crippen LogP contribution in [-0.4, -0.2) is 33.9 Å². The zero-order valence-electron chi connectivity index (χ0n) is 15.4. The van der Waals surface area contributed by atoms with Crippen molar-refractivity contribution >= 4 is 17.3 Å². The van der Waals surface area contributed by atoms with Crippen LogP contribution in [0.2, 0.25) is 0 Å². The quantitative estimate of drug-likeness (QED) is 0.363. The van der Waals surface area contributed by atoms with Crippen molar-refractivity contribution in [3.8, 4) is 33.6 Å². The molecule has 3 heterocycles. The standard InChI is InChI=1S/C21H14FN3O4S/c22-13-3-5-14(6-4-13)25-20(18-2-1-11-30-18)23-19(24-25)21(26)29-15-7-8-16-17(12-15)28-10-9-27-16/h1-8,11-12H,9-10H2. The van der Waals surface area contributed by atoms with Gasteiger partial charge in [-0.15, -0.1) is 16.4 Å². The number of benzene rings is 2. The van der Waals surface area contributed by atoms with Crippen molar-refractivity contribution < 1.29 is 23.4 Å². The monoisotopic (exact) mass is 423 g/mol. The molecule has 0 radical (unpaired) electrons. The van der Waals surface area contributed by atoms with Crippen LogP contribution in [0.1, 0.15) is 10.6 Å². The van der Waals surface area contributed by atoms with Crippen molar-refractivity contribution in [2.45, 2.75) is 0 Å². The minimum atomic E-state index is -0.717. The maximum Gasteiger partial charge on any atom is 0.383 e. The number of nitrogens with zero attached hydrogens (tertiary/aromatic N) is 3. The lowest BCUT2D eigenvalue weighted by Crippen LogP contribution is -2.16. The van der Waals surface area contributed by atoms with Crippen LogP contribution < -0.4 is 14.2 Å². The fraction of sp³-hybridized carbons (Fsp3) is 0.0952. The zero-order valence-corrected chi connectivity index (χ0v) is 16.3. The average molecular weight is 423 g/mol. The molecule has 2 aromatic heterocycles. The number of aromatic nitrogens is 3. The Kier molecular flexibility index (Phi) is 4.64. The van der Waals surface area contributed by atoms with E-state index in [1.165, 1.54) is 28.2 Å². The van der Waals surface area contributed by atoms with E-state index in [9.17, 15) is 9.18 Å². The maximum atomic E-state index is 13.3. The Labute approximate surface area is 174 Å². The SMILES string of the molecule is O=C(Oc1ccc2c(c1)OCCO2)c1nc(-c2cccs2)n(-c2ccc(F)cc2)n1. The molecule has 1 aliphatic heterocycles. The molecule has 4 aromatic rings. The Balaban J connectivity index is 1.47. The summed E-state index contributed by atoms with van der Waals surface area (Å²) in [4.78, 5) is 17.9. The first-order chi connectivity index (χ1) is 14.7. The Bertz CT molecular complexity index is 1210. The maximum absolute atomic E-state index is 13.3. The lowest BCUT2D eigenvalue weighted by molar-refractivity contribution is 0.0720. The predicted molar refractivity (Wildman–Crippen MR) is 107 cm³/mol. The molecule has 0 spiro atoms. The van der Waals surface area contributed by atoms with Crippen LogP contribution in [0, 0.1) is 5.82 Å². The number of esters is 1. The van der Waals surface area contributed by atoms with Crippen molar-refractivity contribution in [3.05, 3.63) is 71.6 Å². The van der Waals surface area contributed by atoms with Gasteiger partial charge in [0.15, 0.2) is 17.3 Å². The highest BCUT2D eigenvalue weighted by atomic mass is 32.1. The van der Waals surface area contributed by atoms with Gasteiger partial charge < -0.3 is 14.2 Å². The molecule has 1 aliphatic rings. The number of ether oxygens (including phenoxy) is 3. The van der Waals surface area contributed by atoms with E-state index in [0.717, 1.165) is 4.88 Å². The topological polar surface area (TPSA) is 75.5 Å². The number of thiophene rings is 1. The molecule has 0 aliphatic carbocycles. The minimum Gasteiger partial charge on any atom is -0.486 e. The van der Waals surface area contributed by atoms with Gasteiger partial charge in [-0.2, -0.15) is 4.98 Å². The molecule has 0 bridgehead atoms. The van der Waals surface area contributed by atoms with Crippen LogP contribution in [0.15, 0.2) is 60.0 Å². The van der Waals surface area contributed by atoms with E-state index >= 15 is 0 Å². The van der Waals surface area contributed by atoms with E-state index in [1.54, 1.807) is 30.3 Å². The summed E-state index contributed by atoms with van der Waals surface area (Å²) in [7, 11) is 0. The lowest BCUT2D eigenvalue weighted by atomic mass is 10.3. The fourth-order valence-electron chi connectivity index (χ4n) is 2.97. The van der Waals surface area contributed by atoms with Crippen LogP contribution in [0.25, 0.3) is 16.4 Å². The molecular weight excluding hydrogens is 409 g/mol. The number of rotatable bonds is 4. The summed E-state index contributed by atoms with van der Waals surface area (Å²) in [6.45, 7) is 0.903. The number of halogens is 1. The second-order valence-corrected chi connectivity index (χ2v) is 7.27. The number of hydrogen-bond acceptors (Lipinski definition) is 7. The number of carbonyl (C=O) groups excluding carboxylic acids is 1. The molecule has 30 heavy (non-hydrogen) atoms. The van der Waals surface area contributed by atoms with E-state index in [0.29, 0.717) is 42.0 Å². The molecule has 9 heteroatoms. The molecule has 5 rings (SSSR count). The van der Waals surface area contributed by atoms with Gasteiger partial charge in [0.05, 0.1) is 10.6 Å². The average Bonchev–Trinajstić information content (AvgIpc) is 3.44. The number of carbonyl (C=O) groups is 1. The highest BCUT2D eigenvalue weighted by Crippen LogP contribution is 2.34. The molecule has 7 nitrogen and oxygen atoms in total. The zero-order chi connectivity index (χ0) is 20.5. The van der Waals surface area contributed by atoms with Gasteiger partial charge in [-0.05, 0) is 47.8 Å². The summed E-state index contributed by atoms with van der Waals surface area (Å²) >= 11 is 1.45. The van der Waals surface area contributed by atoms with Gasteiger partial charge in [0.25, 0.3) is 5.82 Å². The fourth-order valence-corrected chi connectivity index (χ4v) is 3.66. The van der Waals surface area contributed by atoms with Crippen LogP contribution in [0.4, 0.5) is 4.39 Å². The van der Waals surface area contributed by atoms with Gasteiger partial charge >= 0.3 is 5.97 Å². The van der Waals surface area contributed by atoms with Gasteiger partial charge in [-0.25, -0.2) is 13.9 Å². The smallest absolute Gasteiger partial charge is 0.383 e. The van der Waals surface area contributed by atoms with Crippen LogP contribution in [0.5, 0.6) is 17.2 Å². The highest BCUT2D eigenvalue weighted by Gasteiger charge is 2.22. The highest BCUT2D eigenvalue weighted by molar-refractivity contribution is 7.13. The summed E-state index contributed by atoms with van der Waals surface area (Å²) < 4.78 is 31.2. The second-order valence-electron chi connectivity index (χ2n) is 6.32. The Morgan fingerprint density at radius 1 is 1.07 bits per heavy atom. The molecule has 0 atom stereocenters. The first-order valence-corrected chi connectivity index (χ1v) is 9.94. The third kappa shape index (κ3) is 3.50. The Morgan fingerprint density at radius 3 is 2.63 bits per heavy atom. The molecule has 0 unspecified atom stereocenters. The van der Waals surface area contributed by atoms with E-state index < -0.39 is 5.97 Å². The Hall–Kier alpha value is -3.72. The number of hydrogen-bond donors (Lipinski definition) is 0. The molecule has 0 fully saturated rings. The largest absolute Gasteiger partial charge is 0.486 e. The number of fused-ring (bicyclic) bond motifs is 1. The van der Waals surface area contributed by atoms with Gasteiger partial charge in [0, 0.05) is 6.07 Å². The van der Waals surface area contributed by atoms with Crippen molar-refractivity contribution in [1.29, 1.82) is 0 Å².